The molecule has 1 fully saturated rings. The normalized spacial score (nSPS) is 15.1. The maximum atomic E-state index is 12.2. The minimum atomic E-state index is -0.126. The van der Waals surface area contributed by atoms with E-state index in [0.29, 0.717) is 31.2 Å². The Bertz CT molecular complexity index is 692. The summed E-state index contributed by atoms with van der Waals surface area (Å²) in [5, 5.41) is 3.03. The third-order valence-corrected chi connectivity index (χ3v) is 4.72. The lowest BCUT2D eigenvalue weighted by atomic mass is 10.0. The van der Waals surface area contributed by atoms with Gasteiger partial charge in [0.2, 0.25) is 11.8 Å². The van der Waals surface area contributed by atoms with E-state index in [-0.39, 0.29) is 23.8 Å². The minimum Gasteiger partial charge on any atom is -0.493 e. The van der Waals surface area contributed by atoms with E-state index in [1.165, 1.54) is 6.08 Å². The molecule has 0 aliphatic carbocycles. The van der Waals surface area contributed by atoms with E-state index in [4.69, 9.17) is 9.47 Å². The summed E-state index contributed by atoms with van der Waals surface area (Å²) in [5.41, 5.74) is 0.869. The maximum absolute atomic E-state index is 12.2. The largest absolute Gasteiger partial charge is 0.493 e. The molecule has 1 aromatic carbocycles. The molecular weight excluding hydrogens is 356 g/mol. The van der Waals surface area contributed by atoms with Gasteiger partial charge in [0, 0.05) is 31.1 Å². The third-order valence-electron chi connectivity index (χ3n) is 4.72. The summed E-state index contributed by atoms with van der Waals surface area (Å²) in [6.07, 6.45) is 5.80. The second-order valence-electron chi connectivity index (χ2n) is 7.35. The molecule has 6 nitrogen and oxygen atoms in total. The van der Waals surface area contributed by atoms with Crippen molar-refractivity contribution >= 4 is 17.9 Å². The van der Waals surface area contributed by atoms with Gasteiger partial charge in [-0.05, 0) is 43.0 Å². The highest BCUT2D eigenvalue weighted by Gasteiger charge is 2.24. The first-order valence-corrected chi connectivity index (χ1v) is 10.0. The molecule has 1 saturated heterocycles. The average Bonchev–Trinajstić information content (AvgIpc) is 2.70. The van der Waals surface area contributed by atoms with Crippen LogP contribution in [-0.2, 0) is 9.59 Å². The number of amides is 2. The van der Waals surface area contributed by atoms with Crippen LogP contribution in [0.4, 0.5) is 0 Å². The van der Waals surface area contributed by atoms with Crippen LogP contribution in [0.5, 0.6) is 11.5 Å². The third kappa shape index (κ3) is 6.29. The summed E-state index contributed by atoms with van der Waals surface area (Å²) in [6, 6.07) is 5.71. The van der Waals surface area contributed by atoms with Gasteiger partial charge in [-0.15, -0.1) is 0 Å². The molecule has 0 bridgehead atoms. The topological polar surface area (TPSA) is 67.9 Å². The molecule has 0 aromatic heterocycles. The van der Waals surface area contributed by atoms with Crippen LogP contribution in [0.3, 0.4) is 0 Å². The van der Waals surface area contributed by atoms with Gasteiger partial charge >= 0.3 is 0 Å². The molecule has 2 rings (SSSR count). The SMILES string of the molecule is CCCOc1ccc(/C=C/C(=O)NC2CCN(C(=O)C(C)C)CC2)cc1OC. The molecule has 1 N–H and O–H groups in total. The van der Waals surface area contributed by atoms with Crippen molar-refractivity contribution in [2.75, 3.05) is 26.8 Å². The Morgan fingerprint density at radius 1 is 1.25 bits per heavy atom. The molecule has 0 unspecified atom stereocenters. The fraction of sp³-hybridized carbons (Fsp3) is 0.545. The van der Waals surface area contributed by atoms with Gasteiger partial charge < -0.3 is 19.7 Å². The molecule has 0 atom stereocenters. The van der Waals surface area contributed by atoms with E-state index >= 15 is 0 Å². The molecule has 1 aliphatic rings. The smallest absolute Gasteiger partial charge is 0.244 e. The lowest BCUT2D eigenvalue weighted by Crippen LogP contribution is -2.47. The monoisotopic (exact) mass is 388 g/mol. The molecule has 0 saturated carbocycles. The van der Waals surface area contributed by atoms with E-state index in [9.17, 15) is 9.59 Å². The Kier molecular flexibility index (Phi) is 8.36. The van der Waals surface area contributed by atoms with Crippen LogP contribution < -0.4 is 14.8 Å². The second-order valence-corrected chi connectivity index (χ2v) is 7.35. The average molecular weight is 389 g/mol. The number of rotatable bonds is 8. The van der Waals surface area contributed by atoms with Crippen LogP contribution in [-0.4, -0.2) is 49.6 Å². The highest BCUT2D eigenvalue weighted by atomic mass is 16.5. The molecule has 1 aliphatic heterocycles. The van der Waals surface area contributed by atoms with E-state index in [0.717, 1.165) is 24.8 Å². The Labute approximate surface area is 167 Å². The fourth-order valence-corrected chi connectivity index (χ4v) is 3.15. The fourth-order valence-electron chi connectivity index (χ4n) is 3.15. The molecule has 0 radical (unpaired) electrons. The molecule has 2 amide bonds. The summed E-state index contributed by atoms with van der Waals surface area (Å²) < 4.78 is 11.0. The van der Waals surface area contributed by atoms with E-state index in [1.807, 2.05) is 43.9 Å². The zero-order valence-corrected chi connectivity index (χ0v) is 17.4. The second kappa shape index (κ2) is 10.7. The van der Waals surface area contributed by atoms with Crippen molar-refractivity contribution in [3.05, 3.63) is 29.8 Å². The highest BCUT2D eigenvalue weighted by molar-refractivity contribution is 5.92. The number of hydrogen-bond acceptors (Lipinski definition) is 4. The molecular formula is C22H32N2O4. The van der Waals surface area contributed by atoms with Crippen molar-refractivity contribution < 1.29 is 19.1 Å². The summed E-state index contributed by atoms with van der Waals surface area (Å²) in [4.78, 5) is 26.2. The quantitative estimate of drug-likeness (QED) is 0.694. The van der Waals surface area contributed by atoms with Gasteiger partial charge in [-0.1, -0.05) is 26.8 Å². The van der Waals surface area contributed by atoms with Gasteiger partial charge in [-0.2, -0.15) is 0 Å². The first-order valence-electron chi connectivity index (χ1n) is 10.0. The molecule has 1 aromatic rings. The lowest BCUT2D eigenvalue weighted by Gasteiger charge is -2.33. The number of benzene rings is 1. The number of likely N-dealkylation sites (tertiary alicyclic amines) is 1. The van der Waals surface area contributed by atoms with Crippen LogP contribution in [0.1, 0.15) is 45.6 Å². The Morgan fingerprint density at radius 2 is 1.96 bits per heavy atom. The number of methoxy groups -OCH3 is 1. The number of nitrogens with one attached hydrogen (secondary N) is 1. The van der Waals surface area contributed by atoms with Crippen molar-refractivity contribution in [3.8, 4) is 11.5 Å². The summed E-state index contributed by atoms with van der Waals surface area (Å²) in [5.74, 6) is 1.43. The predicted octanol–water partition coefficient (Wildman–Crippen LogP) is 3.26. The Hall–Kier alpha value is -2.50. The van der Waals surface area contributed by atoms with Crippen molar-refractivity contribution in [1.29, 1.82) is 0 Å². The number of ether oxygens (including phenoxy) is 2. The highest BCUT2D eigenvalue weighted by Crippen LogP contribution is 2.28. The van der Waals surface area contributed by atoms with E-state index in [2.05, 4.69) is 5.32 Å². The zero-order valence-electron chi connectivity index (χ0n) is 17.4. The summed E-state index contributed by atoms with van der Waals surface area (Å²) >= 11 is 0. The van der Waals surface area contributed by atoms with Crippen molar-refractivity contribution in [2.24, 2.45) is 5.92 Å². The van der Waals surface area contributed by atoms with E-state index < -0.39 is 0 Å². The first kappa shape index (κ1) is 21.8. The lowest BCUT2D eigenvalue weighted by molar-refractivity contribution is -0.135. The summed E-state index contributed by atoms with van der Waals surface area (Å²) in [7, 11) is 1.60. The van der Waals surface area contributed by atoms with Crippen LogP contribution in [0.25, 0.3) is 6.08 Å². The Morgan fingerprint density at radius 3 is 2.57 bits per heavy atom. The number of nitrogens with zero attached hydrogens (tertiary/aromatic N) is 1. The molecule has 6 heteroatoms. The van der Waals surface area contributed by atoms with Crippen molar-refractivity contribution in [3.63, 3.8) is 0 Å². The maximum Gasteiger partial charge on any atom is 0.244 e. The van der Waals surface area contributed by atoms with E-state index in [1.54, 1.807) is 13.2 Å². The minimum absolute atomic E-state index is 0.0184. The van der Waals surface area contributed by atoms with Crippen LogP contribution >= 0.6 is 0 Å². The number of piperidine rings is 1. The van der Waals surface area contributed by atoms with Gasteiger partial charge in [0.15, 0.2) is 11.5 Å². The molecule has 0 spiro atoms. The van der Waals surface area contributed by atoms with Crippen molar-refractivity contribution in [1.82, 2.24) is 10.2 Å². The number of carbonyl (C=O) groups is 2. The van der Waals surface area contributed by atoms with Crippen LogP contribution in [0.15, 0.2) is 24.3 Å². The molecule has 28 heavy (non-hydrogen) atoms. The first-order chi connectivity index (χ1) is 13.4. The van der Waals surface area contributed by atoms with Gasteiger partial charge in [0.25, 0.3) is 0 Å². The van der Waals surface area contributed by atoms with Crippen LogP contribution in [0.2, 0.25) is 0 Å². The summed E-state index contributed by atoms with van der Waals surface area (Å²) in [6.45, 7) is 7.91. The van der Waals surface area contributed by atoms with Gasteiger partial charge in [0.05, 0.1) is 13.7 Å². The standard InChI is InChI=1S/C22H32N2O4/c1-5-14-28-19-8-6-17(15-20(19)27-4)7-9-21(25)23-18-10-12-24(13-11-18)22(26)16(2)3/h6-9,15-16,18H,5,10-14H2,1-4H3,(H,23,25)/b9-7+. The Balaban J connectivity index is 1.86. The predicted molar refractivity (Wildman–Crippen MR) is 110 cm³/mol. The molecule has 1 heterocycles. The van der Waals surface area contributed by atoms with Gasteiger partial charge in [-0.25, -0.2) is 0 Å². The number of carbonyl (C=O) groups excluding carboxylic acids is 2. The van der Waals surface area contributed by atoms with Crippen LogP contribution in [0, 0.1) is 5.92 Å². The van der Waals surface area contributed by atoms with Crippen molar-refractivity contribution in [2.45, 2.75) is 46.1 Å². The molecule has 154 valence electrons. The number of hydrogen-bond donors (Lipinski definition) is 1. The van der Waals surface area contributed by atoms with Gasteiger partial charge in [0.1, 0.15) is 0 Å². The zero-order chi connectivity index (χ0) is 20.5. The van der Waals surface area contributed by atoms with Gasteiger partial charge in [-0.3, -0.25) is 9.59 Å².